The molecule has 1 aromatic carbocycles. The molecule has 1 saturated heterocycles. The Morgan fingerprint density at radius 3 is 2.52 bits per heavy atom. The second-order valence-electron chi connectivity index (χ2n) is 6.90. The summed E-state index contributed by atoms with van der Waals surface area (Å²) in [6.45, 7) is 1.56. The quantitative estimate of drug-likeness (QED) is 0.605. The fourth-order valence-electron chi connectivity index (χ4n) is 3.29. The molecule has 10 heteroatoms. The Hall–Kier alpha value is -2.36. The van der Waals surface area contributed by atoms with Crippen LogP contribution in [0.2, 0.25) is 0 Å². The lowest BCUT2D eigenvalue weighted by Crippen LogP contribution is -2.42. The van der Waals surface area contributed by atoms with Crippen molar-refractivity contribution in [1.29, 1.82) is 0 Å². The number of ether oxygens (including phenoxy) is 1. The molecule has 0 spiro atoms. The van der Waals surface area contributed by atoms with E-state index in [2.05, 4.69) is 10.6 Å². The lowest BCUT2D eigenvalue weighted by Gasteiger charge is -2.25. The number of carboxylic acid groups (broad SMARTS) is 1. The van der Waals surface area contributed by atoms with E-state index < -0.39 is 12.0 Å². The largest absolute Gasteiger partial charge is 0.497 e. The number of benzene rings is 1. The lowest BCUT2D eigenvalue weighted by molar-refractivity contribution is -0.138. The third kappa shape index (κ3) is 8.68. The van der Waals surface area contributed by atoms with Crippen LogP contribution in [-0.2, 0) is 9.59 Å². The summed E-state index contributed by atoms with van der Waals surface area (Å²) >= 11 is 0. The number of halogens is 1. The van der Waals surface area contributed by atoms with Crippen LogP contribution in [0.3, 0.4) is 0 Å². The van der Waals surface area contributed by atoms with Crippen molar-refractivity contribution in [3.05, 3.63) is 24.3 Å². The maximum atomic E-state index is 12.2. The molecular weight excluding hydrogens is 400 g/mol. The molecule has 1 heterocycles. The van der Waals surface area contributed by atoms with Crippen LogP contribution in [0.25, 0.3) is 0 Å². The zero-order valence-electron chi connectivity index (χ0n) is 16.7. The average Bonchev–Trinajstić information content (AvgIpc) is 2.87. The molecule has 1 unspecified atom stereocenters. The van der Waals surface area contributed by atoms with Gasteiger partial charge in [0.05, 0.1) is 20.2 Å². The maximum absolute atomic E-state index is 12.2. The van der Waals surface area contributed by atoms with E-state index in [0.717, 1.165) is 25.8 Å². The zero-order valence-corrected chi connectivity index (χ0v) is 17.5. The van der Waals surface area contributed by atoms with E-state index in [-0.39, 0.29) is 37.4 Å². The number of nitrogens with zero attached hydrogens (tertiary/aromatic N) is 2. The van der Waals surface area contributed by atoms with Gasteiger partial charge in [0.1, 0.15) is 5.75 Å². The Kier molecular flexibility index (Phi) is 10.4. The fraction of sp³-hybridized carbons (Fsp3) is 0.526. The van der Waals surface area contributed by atoms with Crippen LogP contribution in [0.5, 0.6) is 5.75 Å². The molecule has 29 heavy (non-hydrogen) atoms. The van der Waals surface area contributed by atoms with Crippen LogP contribution in [0.4, 0.5) is 10.5 Å². The van der Waals surface area contributed by atoms with Gasteiger partial charge in [0.2, 0.25) is 5.91 Å². The summed E-state index contributed by atoms with van der Waals surface area (Å²) in [5.74, 6) is -0.537. The van der Waals surface area contributed by atoms with Gasteiger partial charge in [0.15, 0.2) is 0 Å². The Bertz CT molecular complexity index is 686. The van der Waals surface area contributed by atoms with Crippen molar-refractivity contribution < 1.29 is 24.2 Å². The predicted molar refractivity (Wildman–Crippen MR) is 112 cm³/mol. The highest BCUT2D eigenvalue weighted by molar-refractivity contribution is 6.01. The summed E-state index contributed by atoms with van der Waals surface area (Å²) in [6, 6.07) is 6.40. The number of aliphatic carboxylic acids is 1. The predicted octanol–water partition coefficient (Wildman–Crippen LogP) is 1.64. The molecule has 1 aliphatic heterocycles. The number of anilines is 1. The van der Waals surface area contributed by atoms with Crippen LogP contribution in [0.15, 0.2) is 24.3 Å². The average molecular weight is 429 g/mol. The van der Waals surface area contributed by atoms with Crippen molar-refractivity contribution in [3.63, 3.8) is 0 Å². The molecule has 1 fully saturated rings. The highest BCUT2D eigenvalue weighted by atomic mass is 35.5. The molecule has 2 rings (SSSR count). The first-order valence-corrected chi connectivity index (χ1v) is 9.26. The number of urea groups is 1. The molecule has 0 aromatic heterocycles. The number of methoxy groups -OCH3 is 1. The van der Waals surface area contributed by atoms with E-state index in [0.29, 0.717) is 18.0 Å². The van der Waals surface area contributed by atoms with Gasteiger partial charge in [-0.1, -0.05) is 0 Å². The fourth-order valence-corrected chi connectivity index (χ4v) is 3.29. The third-order valence-corrected chi connectivity index (χ3v) is 4.77. The summed E-state index contributed by atoms with van der Waals surface area (Å²) in [4.78, 5) is 38.8. The van der Waals surface area contributed by atoms with Crippen LogP contribution >= 0.6 is 12.4 Å². The van der Waals surface area contributed by atoms with Crippen molar-refractivity contribution >= 4 is 36.0 Å². The minimum Gasteiger partial charge on any atom is -0.497 e. The SMILES string of the molecule is COc1ccc(NC(=O)NC(=O)CN2CCCC(N(C)CC(=O)O)CC2)cc1.Cl. The minimum atomic E-state index is -0.842. The highest BCUT2D eigenvalue weighted by Gasteiger charge is 2.23. The molecule has 3 amide bonds. The van der Waals surface area contributed by atoms with Gasteiger partial charge >= 0.3 is 12.0 Å². The molecule has 0 aliphatic carbocycles. The number of hydrogen-bond donors (Lipinski definition) is 3. The standard InChI is InChI=1S/C19H28N4O5.ClH/c1-22(13-18(25)26)15-4-3-10-23(11-9-15)12-17(24)21-19(27)20-14-5-7-16(28-2)8-6-14;/h5-8,15H,3-4,9-13H2,1-2H3,(H,25,26)(H2,20,21,24,27);1H. The minimum absolute atomic E-state index is 0. The number of carbonyl (C=O) groups excluding carboxylic acids is 2. The number of hydrogen-bond acceptors (Lipinski definition) is 6. The van der Waals surface area contributed by atoms with Crippen LogP contribution < -0.4 is 15.4 Å². The first kappa shape index (κ1) is 24.7. The van der Waals surface area contributed by atoms with Crippen molar-refractivity contribution in [1.82, 2.24) is 15.1 Å². The molecule has 0 radical (unpaired) electrons. The monoisotopic (exact) mass is 428 g/mol. The smallest absolute Gasteiger partial charge is 0.325 e. The Morgan fingerprint density at radius 1 is 1.21 bits per heavy atom. The van der Waals surface area contributed by atoms with Gasteiger partial charge in [-0.2, -0.15) is 0 Å². The van der Waals surface area contributed by atoms with Gasteiger partial charge in [-0.15, -0.1) is 12.4 Å². The van der Waals surface area contributed by atoms with E-state index in [1.807, 2.05) is 16.8 Å². The number of likely N-dealkylation sites (tertiary alicyclic amines) is 1. The summed E-state index contributed by atoms with van der Waals surface area (Å²) < 4.78 is 5.05. The second-order valence-corrected chi connectivity index (χ2v) is 6.90. The van der Waals surface area contributed by atoms with Crippen molar-refractivity contribution in [3.8, 4) is 5.75 Å². The molecule has 1 aromatic rings. The Balaban J connectivity index is 0.00000420. The number of carboxylic acids is 1. The normalized spacial score (nSPS) is 17.0. The van der Waals surface area contributed by atoms with E-state index in [1.165, 1.54) is 0 Å². The number of nitrogens with one attached hydrogen (secondary N) is 2. The molecule has 9 nitrogen and oxygen atoms in total. The zero-order chi connectivity index (χ0) is 20.5. The number of amides is 3. The summed E-state index contributed by atoms with van der Waals surface area (Å²) in [5, 5.41) is 13.9. The second kappa shape index (κ2) is 12.3. The van der Waals surface area contributed by atoms with Gasteiger partial charge in [-0.05, 0) is 57.1 Å². The van der Waals surface area contributed by atoms with Crippen LogP contribution in [0.1, 0.15) is 19.3 Å². The highest BCUT2D eigenvalue weighted by Crippen LogP contribution is 2.16. The first-order chi connectivity index (χ1) is 13.4. The Morgan fingerprint density at radius 2 is 1.90 bits per heavy atom. The molecule has 1 aliphatic rings. The van der Waals surface area contributed by atoms with Crippen LogP contribution in [0, 0.1) is 0 Å². The molecule has 3 N–H and O–H groups in total. The number of likely N-dealkylation sites (N-methyl/N-ethyl adjacent to an activating group) is 1. The van der Waals surface area contributed by atoms with Gasteiger partial charge in [0.25, 0.3) is 0 Å². The van der Waals surface area contributed by atoms with Crippen molar-refractivity contribution in [2.45, 2.75) is 25.3 Å². The molecule has 1 atom stereocenters. The molecule has 0 saturated carbocycles. The van der Waals surface area contributed by atoms with Crippen molar-refractivity contribution in [2.75, 3.05) is 45.7 Å². The Labute approximate surface area is 176 Å². The summed E-state index contributed by atoms with van der Waals surface area (Å²) in [5.41, 5.74) is 0.560. The summed E-state index contributed by atoms with van der Waals surface area (Å²) in [6.07, 6.45) is 2.55. The summed E-state index contributed by atoms with van der Waals surface area (Å²) in [7, 11) is 3.37. The molecule has 0 bridgehead atoms. The van der Waals surface area contributed by atoms with Gasteiger partial charge in [-0.3, -0.25) is 24.7 Å². The van der Waals surface area contributed by atoms with Crippen LogP contribution in [-0.4, -0.2) is 79.2 Å². The number of rotatable bonds is 7. The van der Waals surface area contributed by atoms with E-state index in [1.54, 1.807) is 31.4 Å². The number of imide groups is 1. The van der Waals surface area contributed by atoms with E-state index >= 15 is 0 Å². The first-order valence-electron chi connectivity index (χ1n) is 9.26. The van der Waals surface area contributed by atoms with Gasteiger partial charge in [0, 0.05) is 18.3 Å². The van der Waals surface area contributed by atoms with Gasteiger partial charge in [-0.25, -0.2) is 4.79 Å². The maximum Gasteiger partial charge on any atom is 0.325 e. The molecular formula is C19H29ClN4O5. The lowest BCUT2D eigenvalue weighted by atomic mass is 10.1. The van der Waals surface area contributed by atoms with E-state index in [9.17, 15) is 14.4 Å². The third-order valence-electron chi connectivity index (χ3n) is 4.77. The molecule has 162 valence electrons. The van der Waals surface area contributed by atoms with Gasteiger partial charge < -0.3 is 15.2 Å². The van der Waals surface area contributed by atoms with Crippen molar-refractivity contribution in [2.24, 2.45) is 0 Å². The van der Waals surface area contributed by atoms with E-state index in [4.69, 9.17) is 9.84 Å². The number of carbonyl (C=O) groups is 3. The topological polar surface area (TPSA) is 111 Å².